The Balaban J connectivity index is 1.23. The van der Waals surface area contributed by atoms with Crippen molar-refractivity contribution in [1.82, 2.24) is 5.32 Å². The lowest BCUT2D eigenvalue weighted by Crippen LogP contribution is -2.31. The van der Waals surface area contributed by atoms with Gasteiger partial charge >= 0.3 is 0 Å². The zero-order valence-electron chi connectivity index (χ0n) is 27.9. The van der Waals surface area contributed by atoms with E-state index in [2.05, 4.69) is 170 Å². The van der Waals surface area contributed by atoms with Crippen LogP contribution in [0, 0.1) is 0 Å². The molecule has 0 spiro atoms. The van der Waals surface area contributed by atoms with E-state index in [4.69, 9.17) is 10.7 Å². The minimum absolute atomic E-state index is 0.263. The summed E-state index contributed by atoms with van der Waals surface area (Å²) >= 11 is 0. The molecule has 0 aromatic heterocycles. The minimum Gasteiger partial charge on any atom is -0.312 e. The zero-order chi connectivity index (χ0) is 33.7. The second-order valence-corrected chi connectivity index (χ2v) is 13.5. The van der Waals surface area contributed by atoms with Crippen LogP contribution in [0.3, 0.4) is 0 Å². The standard InChI is InChI=1S/C47H37N3/c1-47(36-18-6-3-7-19-36)42-23-13-12-22-39(42)40-29-35(26-27-43(40)47)46(50-45(48)32-15-4-2-5-16-32)49-30-41-37-20-10-9-17-33(37)28-34-25-24-31-14-8-11-21-38(31)44(34)41/h2-30,45-46,50H,48H2,1H3/b49-30+. The van der Waals surface area contributed by atoms with E-state index in [9.17, 15) is 0 Å². The van der Waals surface area contributed by atoms with E-state index in [1.807, 2.05) is 18.2 Å². The number of aliphatic imine (C=N–C) groups is 1. The van der Waals surface area contributed by atoms with Crippen molar-refractivity contribution >= 4 is 38.5 Å². The average Bonchev–Trinajstić information content (AvgIpc) is 3.44. The highest BCUT2D eigenvalue weighted by Gasteiger charge is 2.40. The van der Waals surface area contributed by atoms with Gasteiger partial charge in [0.15, 0.2) is 0 Å². The summed E-state index contributed by atoms with van der Waals surface area (Å²) in [6.07, 6.45) is 1.25. The van der Waals surface area contributed by atoms with E-state index >= 15 is 0 Å². The second-order valence-electron chi connectivity index (χ2n) is 13.5. The van der Waals surface area contributed by atoms with Crippen molar-refractivity contribution in [1.29, 1.82) is 0 Å². The van der Waals surface area contributed by atoms with E-state index in [-0.39, 0.29) is 5.41 Å². The highest BCUT2D eigenvalue weighted by Crippen LogP contribution is 2.52. The van der Waals surface area contributed by atoms with Gasteiger partial charge in [0, 0.05) is 17.2 Å². The normalized spacial score (nSPS) is 16.5. The predicted octanol–water partition coefficient (Wildman–Crippen LogP) is 10.8. The van der Waals surface area contributed by atoms with Crippen LogP contribution < -0.4 is 11.1 Å². The zero-order valence-corrected chi connectivity index (χ0v) is 27.9. The Labute approximate surface area is 292 Å². The summed E-state index contributed by atoms with van der Waals surface area (Å²) in [7, 11) is 0. The van der Waals surface area contributed by atoms with Crippen molar-refractivity contribution in [2.45, 2.75) is 24.7 Å². The van der Waals surface area contributed by atoms with Crippen molar-refractivity contribution in [2.75, 3.05) is 0 Å². The number of benzene rings is 8. The highest BCUT2D eigenvalue weighted by atomic mass is 15.1. The molecule has 0 radical (unpaired) electrons. The van der Waals surface area contributed by atoms with E-state index in [0.717, 1.165) is 16.7 Å². The maximum atomic E-state index is 6.88. The van der Waals surface area contributed by atoms with Crippen molar-refractivity contribution < 1.29 is 0 Å². The van der Waals surface area contributed by atoms with Gasteiger partial charge in [-0.25, -0.2) is 0 Å². The molecule has 0 bridgehead atoms. The third kappa shape index (κ3) is 4.94. The number of hydrogen-bond acceptors (Lipinski definition) is 3. The lowest BCUT2D eigenvalue weighted by molar-refractivity contribution is 0.467. The molecule has 240 valence electrons. The Morgan fingerprint density at radius 2 is 1.20 bits per heavy atom. The molecule has 3 N–H and O–H groups in total. The summed E-state index contributed by atoms with van der Waals surface area (Å²) in [6.45, 7) is 2.35. The lowest BCUT2D eigenvalue weighted by Gasteiger charge is -2.28. The van der Waals surface area contributed by atoms with E-state index in [1.54, 1.807) is 0 Å². The summed E-state index contributed by atoms with van der Waals surface area (Å²) in [5, 5.41) is 10.9. The van der Waals surface area contributed by atoms with Gasteiger partial charge in [-0.3, -0.25) is 10.3 Å². The molecule has 1 aliphatic rings. The van der Waals surface area contributed by atoms with Crippen molar-refractivity contribution in [2.24, 2.45) is 10.7 Å². The van der Waals surface area contributed by atoms with Gasteiger partial charge in [0.05, 0.1) is 6.17 Å². The molecule has 1 aliphatic carbocycles. The van der Waals surface area contributed by atoms with E-state index in [0.29, 0.717) is 0 Å². The topological polar surface area (TPSA) is 50.4 Å². The summed E-state index contributed by atoms with van der Waals surface area (Å²) in [4.78, 5) is 5.40. The van der Waals surface area contributed by atoms with E-state index in [1.165, 1.54) is 60.1 Å². The molecule has 0 heterocycles. The molecule has 50 heavy (non-hydrogen) atoms. The highest BCUT2D eigenvalue weighted by molar-refractivity contribution is 6.21. The quantitative estimate of drug-likeness (QED) is 0.0786. The molecule has 0 saturated carbocycles. The summed E-state index contributed by atoms with van der Waals surface area (Å²) in [5.41, 5.74) is 16.2. The largest absolute Gasteiger partial charge is 0.312 e. The first-order chi connectivity index (χ1) is 24.6. The van der Waals surface area contributed by atoms with Gasteiger partial charge in [-0.1, -0.05) is 158 Å². The van der Waals surface area contributed by atoms with Crippen LogP contribution in [-0.2, 0) is 5.41 Å². The number of nitrogens with two attached hydrogens (primary N) is 1. The smallest absolute Gasteiger partial charge is 0.127 e. The molecule has 3 heteroatoms. The number of rotatable bonds is 7. The molecule has 8 aromatic rings. The predicted molar refractivity (Wildman–Crippen MR) is 210 cm³/mol. The van der Waals surface area contributed by atoms with Gasteiger partial charge in [0.1, 0.15) is 6.17 Å². The number of nitrogens with one attached hydrogen (secondary N) is 1. The molecule has 0 amide bonds. The van der Waals surface area contributed by atoms with Crippen LogP contribution in [0.4, 0.5) is 0 Å². The molecule has 0 fully saturated rings. The maximum absolute atomic E-state index is 6.88. The van der Waals surface area contributed by atoms with Crippen LogP contribution in [0.2, 0.25) is 0 Å². The summed E-state index contributed by atoms with van der Waals surface area (Å²) < 4.78 is 0. The Bertz CT molecular complexity index is 2560. The molecular formula is C47H37N3. The maximum Gasteiger partial charge on any atom is 0.127 e. The van der Waals surface area contributed by atoms with Gasteiger partial charge in [0.25, 0.3) is 0 Å². The number of nitrogens with zero attached hydrogens (tertiary/aromatic N) is 1. The van der Waals surface area contributed by atoms with Crippen LogP contribution in [0.15, 0.2) is 175 Å². The fraction of sp³-hybridized carbons (Fsp3) is 0.0851. The Hall–Kier alpha value is -5.87. The molecule has 0 aliphatic heterocycles. The lowest BCUT2D eigenvalue weighted by atomic mass is 9.74. The summed E-state index contributed by atoms with van der Waals surface area (Å²) in [5.74, 6) is 0. The van der Waals surface area contributed by atoms with Gasteiger partial charge in [-0.15, -0.1) is 0 Å². The van der Waals surface area contributed by atoms with E-state index < -0.39 is 12.3 Å². The third-order valence-corrected chi connectivity index (χ3v) is 10.6. The van der Waals surface area contributed by atoms with Crippen LogP contribution >= 0.6 is 0 Å². The van der Waals surface area contributed by atoms with Gasteiger partial charge < -0.3 is 5.73 Å². The Kier molecular flexibility index (Phi) is 7.39. The first-order valence-corrected chi connectivity index (χ1v) is 17.3. The van der Waals surface area contributed by atoms with Crippen molar-refractivity contribution in [3.8, 4) is 11.1 Å². The first-order valence-electron chi connectivity index (χ1n) is 17.3. The first kappa shape index (κ1) is 30.2. The van der Waals surface area contributed by atoms with Crippen LogP contribution in [0.5, 0.6) is 0 Å². The molecule has 3 atom stereocenters. The molecule has 3 nitrogen and oxygen atoms in total. The fourth-order valence-electron chi connectivity index (χ4n) is 8.09. The molecule has 9 rings (SSSR count). The molecule has 8 aromatic carbocycles. The van der Waals surface area contributed by atoms with Crippen LogP contribution in [-0.4, -0.2) is 6.21 Å². The second kappa shape index (κ2) is 12.2. The monoisotopic (exact) mass is 643 g/mol. The number of hydrogen-bond donors (Lipinski definition) is 2. The third-order valence-electron chi connectivity index (χ3n) is 10.6. The van der Waals surface area contributed by atoms with Crippen molar-refractivity contribution in [3.63, 3.8) is 0 Å². The SMILES string of the molecule is CC1(c2ccccc2)c2ccccc2-c2cc(C(/N=C/c3c4ccccc4cc4ccc5ccccc5c34)NC(N)c3ccccc3)ccc21. The molecule has 3 unspecified atom stereocenters. The van der Waals surface area contributed by atoms with Crippen molar-refractivity contribution in [3.05, 3.63) is 203 Å². The van der Waals surface area contributed by atoms with Gasteiger partial charge in [-0.05, 0) is 90.3 Å². The fourth-order valence-corrected chi connectivity index (χ4v) is 8.09. The molecular weight excluding hydrogens is 607 g/mol. The number of fused-ring (bicyclic) bond motifs is 7. The average molecular weight is 644 g/mol. The Morgan fingerprint density at radius 1 is 0.560 bits per heavy atom. The molecule has 0 saturated heterocycles. The minimum atomic E-state index is -0.418. The van der Waals surface area contributed by atoms with Crippen LogP contribution in [0.25, 0.3) is 43.4 Å². The Morgan fingerprint density at radius 3 is 2.02 bits per heavy atom. The summed E-state index contributed by atoms with van der Waals surface area (Å²) in [6, 6.07) is 60.6. The van der Waals surface area contributed by atoms with Gasteiger partial charge in [0.2, 0.25) is 0 Å². The van der Waals surface area contributed by atoms with Crippen LogP contribution in [0.1, 0.15) is 52.6 Å². The van der Waals surface area contributed by atoms with Gasteiger partial charge in [-0.2, -0.15) is 0 Å².